The van der Waals surface area contributed by atoms with Crippen LogP contribution in [-0.4, -0.2) is 28.1 Å². The number of carbonyl (C=O) groups is 2. The molecule has 0 radical (unpaired) electrons. The Hall–Kier alpha value is -1.63. The van der Waals surface area contributed by atoms with Crippen molar-refractivity contribution in [3.8, 4) is 0 Å². The molecule has 0 saturated carbocycles. The maximum absolute atomic E-state index is 11.5. The summed E-state index contributed by atoms with van der Waals surface area (Å²) in [6.07, 6.45) is 1.69. The minimum absolute atomic E-state index is 0.168. The van der Waals surface area contributed by atoms with Crippen molar-refractivity contribution < 1.29 is 14.7 Å². The molecule has 1 heterocycles. The van der Waals surface area contributed by atoms with Crippen molar-refractivity contribution in [3.05, 3.63) is 16.1 Å². The molecule has 0 aliphatic rings. The lowest BCUT2D eigenvalue weighted by molar-refractivity contribution is -0.140. The third kappa shape index (κ3) is 4.33. The molecule has 7 heteroatoms. The number of aromatic nitrogens is 1. The molecule has 0 aromatic carbocycles. The molecule has 0 saturated heterocycles. The van der Waals surface area contributed by atoms with Crippen LogP contribution in [0.3, 0.4) is 0 Å². The van der Waals surface area contributed by atoms with E-state index in [-0.39, 0.29) is 5.92 Å². The van der Waals surface area contributed by atoms with Gasteiger partial charge in [-0.15, -0.1) is 11.3 Å². The SMILES string of the molecule is Cc1ncc(CNC(=O)NC(C(=O)O)C(C)C)s1. The Kier molecular flexibility index (Phi) is 5.08. The smallest absolute Gasteiger partial charge is 0.326 e. The molecular weight excluding hydrogens is 254 g/mol. The first-order valence-electron chi connectivity index (χ1n) is 5.58. The Morgan fingerprint density at radius 2 is 2.17 bits per heavy atom. The molecule has 0 aliphatic carbocycles. The van der Waals surface area contributed by atoms with Crippen LogP contribution in [-0.2, 0) is 11.3 Å². The number of rotatable bonds is 5. The average Bonchev–Trinajstić information content (AvgIpc) is 2.68. The van der Waals surface area contributed by atoms with Crippen molar-refractivity contribution >= 4 is 23.3 Å². The first kappa shape index (κ1) is 14.4. The minimum Gasteiger partial charge on any atom is -0.480 e. The van der Waals surface area contributed by atoms with Gasteiger partial charge in [-0.25, -0.2) is 14.6 Å². The van der Waals surface area contributed by atoms with Gasteiger partial charge >= 0.3 is 12.0 Å². The van der Waals surface area contributed by atoms with E-state index < -0.39 is 18.0 Å². The summed E-state index contributed by atoms with van der Waals surface area (Å²) in [5, 5.41) is 14.9. The molecule has 100 valence electrons. The molecule has 1 unspecified atom stereocenters. The summed E-state index contributed by atoms with van der Waals surface area (Å²) in [5.74, 6) is -1.20. The summed E-state index contributed by atoms with van der Waals surface area (Å²) < 4.78 is 0. The number of carboxylic acids is 1. The molecule has 0 fully saturated rings. The predicted molar refractivity (Wildman–Crippen MR) is 68.5 cm³/mol. The number of hydrogen-bond acceptors (Lipinski definition) is 4. The van der Waals surface area contributed by atoms with Crippen LogP contribution in [0.4, 0.5) is 4.79 Å². The number of carbonyl (C=O) groups excluding carboxylic acids is 1. The third-order valence-electron chi connectivity index (χ3n) is 2.31. The highest BCUT2D eigenvalue weighted by Gasteiger charge is 2.23. The predicted octanol–water partition coefficient (Wildman–Crippen LogP) is 1.36. The summed E-state index contributed by atoms with van der Waals surface area (Å²) in [6.45, 7) is 5.71. The molecule has 0 bridgehead atoms. The summed E-state index contributed by atoms with van der Waals surface area (Å²) in [6, 6.07) is -1.37. The first-order chi connectivity index (χ1) is 8.40. The van der Waals surface area contributed by atoms with Gasteiger partial charge in [0.05, 0.1) is 11.6 Å². The molecular formula is C11H17N3O3S. The number of carboxylic acid groups (broad SMARTS) is 1. The quantitative estimate of drug-likeness (QED) is 0.754. The zero-order valence-corrected chi connectivity index (χ0v) is 11.4. The number of nitrogens with one attached hydrogen (secondary N) is 2. The van der Waals surface area contributed by atoms with Crippen molar-refractivity contribution in [3.63, 3.8) is 0 Å². The van der Waals surface area contributed by atoms with Crippen molar-refractivity contribution in [2.24, 2.45) is 5.92 Å². The van der Waals surface area contributed by atoms with Gasteiger partial charge in [-0.05, 0) is 12.8 Å². The molecule has 1 aromatic rings. The standard InChI is InChI=1S/C11H17N3O3S/c1-6(2)9(10(15)16)14-11(17)13-5-8-4-12-7(3)18-8/h4,6,9H,5H2,1-3H3,(H,15,16)(H2,13,14,17). The second kappa shape index (κ2) is 6.34. The van der Waals surface area contributed by atoms with Crippen molar-refractivity contribution in [2.75, 3.05) is 0 Å². The molecule has 1 rings (SSSR count). The van der Waals surface area contributed by atoms with Crippen LogP contribution in [0.5, 0.6) is 0 Å². The fraction of sp³-hybridized carbons (Fsp3) is 0.545. The molecule has 2 amide bonds. The topological polar surface area (TPSA) is 91.3 Å². The van der Waals surface area contributed by atoms with Crippen LogP contribution in [0.1, 0.15) is 23.7 Å². The van der Waals surface area contributed by atoms with Gasteiger partial charge in [-0.1, -0.05) is 13.8 Å². The highest BCUT2D eigenvalue weighted by atomic mass is 32.1. The van der Waals surface area contributed by atoms with Crippen molar-refractivity contribution in [1.29, 1.82) is 0 Å². The van der Waals surface area contributed by atoms with E-state index in [9.17, 15) is 9.59 Å². The molecule has 3 N–H and O–H groups in total. The van der Waals surface area contributed by atoms with E-state index in [4.69, 9.17) is 5.11 Å². The van der Waals surface area contributed by atoms with E-state index in [0.717, 1.165) is 9.88 Å². The van der Waals surface area contributed by atoms with Crippen LogP contribution in [0.25, 0.3) is 0 Å². The minimum atomic E-state index is -1.03. The molecule has 0 spiro atoms. The largest absolute Gasteiger partial charge is 0.480 e. The first-order valence-corrected chi connectivity index (χ1v) is 6.40. The van der Waals surface area contributed by atoms with Gasteiger partial charge in [-0.2, -0.15) is 0 Å². The van der Waals surface area contributed by atoms with Crippen LogP contribution < -0.4 is 10.6 Å². The highest BCUT2D eigenvalue weighted by molar-refractivity contribution is 7.11. The van der Waals surface area contributed by atoms with E-state index in [0.29, 0.717) is 6.54 Å². The number of nitrogens with zero attached hydrogens (tertiary/aromatic N) is 1. The zero-order valence-electron chi connectivity index (χ0n) is 10.6. The van der Waals surface area contributed by atoms with Gasteiger partial charge in [0.25, 0.3) is 0 Å². The number of hydrogen-bond donors (Lipinski definition) is 3. The second-order valence-electron chi connectivity index (χ2n) is 4.23. The van der Waals surface area contributed by atoms with Crippen LogP contribution >= 0.6 is 11.3 Å². The van der Waals surface area contributed by atoms with Crippen LogP contribution in [0.2, 0.25) is 0 Å². The van der Waals surface area contributed by atoms with Gasteiger partial charge in [0.15, 0.2) is 0 Å². The molecule has 1 atom stereocenters. The number of amides is 2. The Morgan fingerprint density at radius 1 is 1.50 bits per heavy atom. The second-order valence-corrected chi connectivity index (χ2v) is 5.55. The zero-order chi connectivity index (χ0) is 13.7. The molecule has 18 heavy (non-hydrogen) atoms. The fourth-order valence-electron chi connectivity index (χ4n) is 1.36. The van der Waals surface area contributed by atoms with E-state index in [2.05, 4.69) is 15.6 Å². The number of urea groups is 1. The number of aliphatic carboxylic acids is 1. The summed E-state index contributed by atoms with van der Waals surface area (Å²) in [7, 11) is 0. The van der Waals surface area contributed by atoms with E-state index in [1.165, 1.54) is 11.3 Å². The van der Waals surface area contributed by atoms with Gasteiger partial charge in [0.1, 0.15) is 6.04 Å². The molecule has 0 aliphatic heterocycles. The third-order valence-corrected chi connectivity index (χ3v) is 3.22. The van der Waals surface area contributed by atoms with Gasteiger partial charge < -0.3 is 15.7 Å². The van der Waals surface area contributed by atoms with Gasteiger partial charge in [0, 0.05) is 11.1 Å². The summed E-state index contributed by atoms with van der Waals surface area (Å²) in [4.78, 5) is 27.4. The molecule has 1 aromatic heterocycles. The average molecular weight is 271 g/mol. The lowest BCUT2D eigenvalue weighted by Gasteiger charge is -2.17. The Bertz CT molecular complexity index is 431. The van der Waals surface area contributed by atoms with E-state index in [1.54, 1.807) is 20.0 Å². The van der Waals surface area contributed by atoms with Crippen LogP contribution in [0, 0.1) is 12.8 Å². The van der Waals surface area contributed by atoms with E-state index in [1.807, 2.05) is 6.92 Å². The van der Waals surface area contributed by atoms with Crippen molar-refractivity contribution in [2.45, 2.75) is 33.4 Å². The lowest BCUT2D eigenvalue weighted by atomic mass is 10.1. The fourth-order valence-corrected chi connectivity index (χ4v) is 2.09. The summed E-state index contributed by atoms with van der Waals surface area (Å²) in [5.41, 5.74) is 0. The normalized spacial score (nSPS) is 12.2. The maximum atomic E-state index is 11.5. The van der Waals surface area contributed by atoms with Crippen molar-refractivity contribution in [1.82, 2.24) is 15.6 Å². The lowest BCUT2D eigenvalue weighted by Crippen LogP contribution is -2.48. The molecule has 6 nitrogen and oxygen atoms in total. The Labute approximate surface area is 109 Å². The Morgan fingerprint density at radius 3 is 2.61 bits per heavy atom. The Balaban J connectivity index is 2.43. The van der Waals surface area contributed by atoms with Gasteiger partial charge in [-0.3, -0.25) is 0 Å². The van der Waals surface area contributed by atoms with Crippen LogP contribution in [0.15, 0.2) is 6.20 Å². The maximum Gasteiger partial charge on any atom is 0.326 e. The monoisotopic (exact) mass is 271 g/mol. The van der Waals surface area contributed by atoms with Gasteiger partial charge in [0.2, 0.25) is 0 Å². The van der Waals surface area contributed by atoms with E-state index >= 15 is 0 Å². The summed E-state index contributed by atoms with van der Waals surface area (Å²) >= 11 is 1.49. The number of thiazole rings is 1. The highest BCUT2D eigenvalue weighted by Crippen LogP contribution is 2.10. The number of aryl methyl sites for hydroxylation is 1.